The summed E-state index contributed by atoms with van der Waals surface area (Å²) in [5, 5.41) is 0. The van der Waals surface area contributed by atoms with E-state index in [-0.39, 0.29) is 37.8 Å². The first-order valence-corrected chi connectivity index (χ1v) is 10.6. The second-order valence-corrected chi connectivity index (χ2v) is 9.18. The molecule has 28 heavy (non-hydrogen) atoms. The molecule has 0 radical (unpaired) electrons. The lowest BCUT2D eigenvalue weighted by molar-refractivity contribution is 0.0692. The number of hydrogen-bond acceptors (Lipinski definition) is 4. The summed E-state index contributed by atoms with van der Waals surface area (Å²) in [4.78, 5) is 30.4. The van der Waals surface area contributed by atoms with Crippen molar-refractivity contribution in [2.24, 2.45) is 0 Å². The van der Waals surface area contributed by atoms with E-state index in [0.29, 0.717) is 4.90 Å². The molecule has 1 saturated heterocycles. The number of piperazine rings is 1. The minimum Gasteiger partial charge on any atom is -0.335 e. The van der Waals surface area contributed by atoms with E-state index in [2.05, 4.69) is 9.97 Å². The second kappa shape index (κ2) is 7.21. The molecule has 3 rings (SSSR count). The van der Waals surface area contributed by atoms with E-state index < -0.39 is 15.7 Å². The third-order valence-electron chi connectivity index (χ3n) is 5.88. The highest BCUT2D eigenvalue weighted by Gasteiger charge is 2.33. The van der Waals surface area contributed by atoms with Gasteiger partial charge in [0.25, 0.3) is 5.91 Å². The third kappa shape index (κ3) is 3.29. The Morgan fingerprint density at radius 1 is 0.893 bits per heavy atom. The summed E-state index contributed by atoms with van der Waals surface area (Å²) in [7, 11) is -3.66. The number of amides is 1. The molecule has 0 aliphatic carbocycles. The molecule has 1 amide bonds. The van der Waals surface area contributed by atoms with Gasteiger partial charge in [-0.3, -0.25) is 4.79 Å². The molecule has 9 heteroatoms. The zero-order chi connectivity index (χ0) is 20.8. The molecule has 1 aromatic carbocycles. The van der Waals surface area contributed by atoms with E-state index in [4.69, 9.17) is 0 Å². The molecular weight excluding hydrogens is 380 g/mol. The third-order valence-corrected chi connectivity index (χ3v) is 8.05. The summed E-state index contributed by atoms with van der Waals surface area (Å²) in [6, 6.07) is 0. The van der Waals surface area contributed by atoms with E-state index in [1.54, 1.807) is 4.90 Å². The highest BCUT2D eigenvalue weighted by atomic mass is 32.2. The Bertz CT molecular complexity index is 1060. The smallest absolute Gasteiger partial charge is 0.323 e. The molecule has 0 spiro atoms. The number of carbonyl (C=O) groups excluding carboxylic acids is 1. The maximum Gasteiger partial charge on any atom is 0.323 e. The van der Waals surface area contributed by atoms with E-state index in [1.165, 1.54) is 10.5 Å². The number of imidazole rings is 1. The Kier molecular flexibility index (Phi) is 5.24. The summed E-state index contributed by atoms with van der Waals surface area (Å²) < 4.78 is 28.2. The van der Waals surface area contributed by atoms with Crippen molar-refractivity contribution in [3.8, 4) is 0 Å². The Balaban J connectivity index is 1.85. The van der Waals surface area contributed by atoms with E-state index in [0.717, 1.165) is 27.8 Å². The molecule has 152 valence electrons. The minimum absolute atomic E-state index is 0.179. The first-order valence-electron chi connectivity index (χ1n) is 9.19. The molecule has 1 aliphatic heterocycles. The van der Waals surface area contributed by atoms with Gasteiger partial charge in [0.05, 0.1) is 4.90 Å². The number of aromatic nitrogens is 2. The van der Waals surface area contributed by atoms with Crippen LogP contribution in [0.1, 0.15) is 38.3 Å². The quantitative estimate of drug-likeness (QED) is 0.803. The largest absolute Gasteiger partial charge is 0.335 e. The van der Waals surface area contributed by atoms with Gasteiger partial charge in [-0.15, -0.1) is 0 Å². The summed E-state index contributed by atoms with van der Waals surface area (Å²) in [6.45, 7) is 10.6. The number of sulfonamides is 1. The van der Waals surface area contributed by atoms with Gasteiger partial charge in [-0.05, 0) is 62.4 Å². The number of H-pyrrole nitrogens is 2. The van der Waals surface area contributed by atoms with Gasteiger partial charge in [0.15, 0.2) is 0 Å². The lowest BCUT2D eigenvalue weighted by Gasteiger charge is -2.34. The fourth-order valence-corrected chi connectivity index (χ4v) is 5.71. The number of aromatic amines is 2. The van der Waals surface area contributed by atoms with Crippen LogP contribution in [0, 0.1) is 34.6 Å². The zero-order valence-electron chi connectivity index (χ0n) is 16.8. The van der Waals surface area contributed by atoms with Crippen LogP contribution in [0.5, 0.6) is 0 Å². The topological polar surface area (TPSA) is 106 Å². The van der Waals surface area contributed by atoms with Crippen molar-refractivity contribution >= 4 is 15.9 Å². The molecule has 1 fully saturated rings. The standard InChI is InChI=1S/C19H26N4O4S/c1-11-12(2)14(4)17(15(5)13(11)3)28(26,27)23-8-6-22(7-9-23)18(24)16-10-20-19(25)21-16/h10H,6-9H2,1-5H3,(H2,20,21,25). The van der Waals surface area contributed by atoms with Crippen LogP contribution in [0.4, 0.5) is 0 Å². The summed E-state index contributed by atoms with van der Waals surface area (Å²) in [5.41, 5.74) is 4.40. The number of hydrogen-bond donors (Lipinski definition) is 2. The van der Waals surface area contributed by atoms with Gasteiger partial charge in [-0.1, -0.05) is 0 Å². The number of nitrogens with one attached hydrogen (secondary N) is 2. The second-order valence-electron chi connectivity index (χ2n) is 7.31. The zero-order valence-corrected chi connectivity index (χ0v) is 17.7. The molecule has 1 aromatic heterocycles. The van der Waals surface area contributed by atoms with Crippen LogP contribution < -0.4 is 5.69 Å². The van der Waals surface area contributed by atoms with Crippen LogP contribution in [0.25, 0.3) is 0 Å². The molecule has 1 aliphatic rings. The number of rotatable bonds is 3. The van der Waals surface area contributed by atoms with E-state index in [1.807, 2.05) is 34.6 Å². The van der Waals surface area contributed by atoms with Crippen molar-refractivity contribution in [3.63, 3.8) is 0 Å². The fraction of sp³-hybridized carbons (Fsp3) is 0.474. The van der Waals surface area contributed by atoms with Crippen molar-refractivity contribution in [2.45, 2.75) is 39.5 Å². The predicted octanol–water partition coefficient (Wildman–Crippen LogP) is 1.39. The Morgan fingerprint density at radius 3 is 1.86 bits per heavy atom. The van der Waals surface area contributed by atoms with Gasteiger partial charge in [-0.25, -0.2) is 13.2 Å². The molecule has 0 bridgehead atoms. The number of nitrogens with zero attached hydrogens (tertiary/aromatic N) is 2. The van der Waals surface area contributed by atoms with Gasteiger partial charge in [0.2, 0.25) is 10.0 Å². The fourth-order valence-electron chi connectivity index (χ4n) is 3.73. The van der Waals surface area contributed by atoms with Crippen LogP contribution in [-0.4, -0.2) is 59.7 Å². The lowest BCUT2D eigenvalue weighted by atomic mass is 9.95. The van der Waals surface area contributed by atoms with Crippen molar-refractivity contribution in [3.05, 3.63) is 50.2 Å². The monoisotopic (exact) mass is 406 g/mol. The molecule has 2 heterocycles. The predicted molar refractivity (Wildman–Crippen MR) is 106 cm³/mol. The van der Waals surface area contributed by atoms with Gasteiger partial charge in [0, 0.05) is 32.4 Å². The number of carbonyl (C=O) groups is 1. The molecule has 2 N–H and O–H groups in total. The average molecular weight is 407 g/mol. The maximum atomic E-state index is 13.4. The van der Waals surface area contributed by atoms with Crippen LogP contribution in [0.2, 0.25) is 0 Å². The maximum absolute atomic E-state index is 13.4. The van der Waals surface area contributed by atoms with E-state index in [9.17, 15) is 18.0 Å². The minimum atomic E-state index is -3.66. The Labute approximate surface area is 164 Å². The van der Waals surface area contributed by atoms with Crippen molar-refractivity contribution < 1.29 is 13.2 Å². The Morgan fingerprint density at radius 2 is 1.39 bits per heavy atom. The number of benzene rings is 1. The Hall–Kier alpha value is -2.39. The first kappa shape index (κ1) is 20.3. The van der Waals surface area contributed by atoms with Crippen molar-refractivity contribution in [1.29, 1.82) is 0 Å². The van der Waals surface area contributed by atoms with Crippen molar-refractivity contribution in [1.82, 2.24) is 19.2 Å². The summed E-state index contributed by atoms with van der Waals surface area (Å²) in [5.74, 6) is -0.315. The van der Waals surface area contributed by atoms with Crippen molar-refractivity contribution in [2.75, 3.05) is 26.2 Å². The molecular formula is C19H26N4O4S. The molecule has 8 nitrogen and oxygen atoms in total. The van der Waals surface area contributed by atoms with Crippen LogP contribution in [0.15, 0.2) is 15.9 Å². The van der Waals surface area contributed by atoms with Crippen LogP contribution in [0.3, 0.4) is 0 Å². The van der Waals surface area contributed by atoms with Gasteiger partial charge < -0.3 is 14.9 Å². The molecule has 0 atom stereocenters. The molecule has 0 unspecified atom stereocenters. The highest BCUT2D eigenvalue weighted by molar-refractivity contribution is 7.89. The average Bonchev–Trinajstić information content (AvgIpc) is 3.10. The van der Waals surface area contributed by atoms with E-state index >= 15 is 0 Å². The summed E-state index contributed by atoms with van der Waals surface area (Å²) in [6.07, 6.45) is 1.33. The van der Waals surface area contributed by atoms with Gasteiger partial charge >= 0.3 is 5.69 Å². The SMILES string of the molecule is Cc1c(C)c(C)c(S(=O)(=O)N2CCN(C(=O)c3c[nH]c(=O)[nH]3)CC2)c(C)c1C. The normalized spacial score (nSPS) is 15.8. The lowest BCUT2D eigenvalue weighted by Crippen LogP contribution is -2.50. The molecule has 0 saturated carbocycles. The van der Waals surface area contributed by atoms with Crippen LogP contribution >= 0.6 is 0 Å². The summed E-state index contributed by atoms with van der Waals surface area (Å²) >= 11 is 0. The van der Waals surface area contributed by atoms with Crippen LogP contribution in [-0.2, 0) is 10.0 Å². The highest BCUT2D eigenvalue weighted by Crippen LogP contribution is 2.32. The van der Waals surface area contributed by atoms with Gasteiger partial charge in [0.1, 0.15) is 5.69 Å². The first-order chi connectivity index (χ1) is 13.1. The van der Waals surface area contributed by atoms with Gasteiger partial charge in [-0.2, -0.15) is 4.31 Å². The molecule has 2 aromatic rings.